The molecule has 0 aliphatic carbocycles. The van der Waals surface area contributed by atoms with Crippen molar-refractivity contribution >= 4 is 17.4 Å². The first-order valence-corrected chi connectivity index (χ1v) is 12.1. The van der Waals surface area contributed by atoms with E-state index >= 15 is 0 Å². The Bertz CT molecular complexity index is 1020. The van der Waals surface area contributed by atoms with Gasteiger partial charge in [0, 0.05) is 13.1 Å². The second kappa shape index (κ2) is 11.8. The van der Waals surface area contributed by atoms with Crippen LogP contribution in [0.15, 0.2) is 39.9 Å². The lowest BCUT2D eigenvalue weighted by molar-refractivity contribution is -0.120. The number of carbonyl (C=O) groups excluding carboxylic acids is 1. The lowest BCUT2D eigenvalue weighted by atomic mass is 9.90. The largest absolute Gasteiger partial charge is 0.383 e. The molecule has 33 heavy (non-hydrogen) atoms. The highest BCUT2D eigenvalue weighted by Gasteiger charge is 2.26. The molecule has 1 aromatic carbocycles. The van der Waals surface area contributed by atoms with Crippen molar-refractivity contribution in [1.82, 2.24) is 14.5 Å². The molecular formula is C25H37N5O3. The molecule has 1 aliphatic heterocycles. The number of nitrogens with two attached hydrogens (primary N) is 1. The van der Waals surface area contributed by atoms with E-state index < -0.39 is 11.2 Å². The van der Waals surface area contributed by atoms with Gasteiger partial charge in [0.2, 0.25) is 5.91 Å². The number of H-pyrrole nitrogens is 1. The van der Waals surface area contributed by atoms with E-state index in [0.717, 1.165) is 51.6 Å². The Labute approximate surface area is 195 Å². The maximum Gasteiger partial charge on any atom is 0.330 e. The number of likely N-dealkylation sites (N-methyl/N-ethyl adjacent to an activating group) is 1. The summed E-state index contributed by atoms with van der Waals surface area (Å²) in [7, 11) is 0. The van der Waals surface area contributed by atoms with Gasteiger partial charge in [-0.1, -0.05) is 43.7 Å². The number of unbranched alkanes of at least 4 members (excludes halogenated alkanes) is 1. The molecule has 1 fully saturated rings. The van der Waals surface area contributed by atoms with Crippen molar-refractivity contribution in [2.24, 2.45) is 5.92 Å². The number of nitrogen functional groups attached to an aromatic ring is 1. The molecule has 8 nitrogen and oxygen atoms in total. The predicted octanol–water partition coefficient (Wildman–Crippen LogP) is 2.62. The smallest absolute Gasteiger partial charge is 0.330 e. The van der Waals surface area contributed by atoms with Crippen LogP contribution in [0.4, 0.5) is 11.5 Å². The minimum atomic E-state index is -0.611. The number of nitrogens with zero attached hydrogens (tertiary/aromatic N) is 3. The molecule has 1 aromatic heterocycles. The van der Waals surface area contributed by atoms with E-state index in [2.05, 4.69) is 34.1 Å². The highest BCUT2D eigenvalue weighted by Crippen LogP contribution is 2.23. The molecule has 1 amide bonds. The lowest BCUT2D eigenvalue weighted by Gasteiger charge is -2.33. The predicted molar refractivity (Wildman–Crippen MR) is 133 cm³/mol. The number of anilines is 2. The number of aromatic amines is 1. The Hall–Kier alpha value is -2.87. The van der Waals surface area contributed by atoms with Crippen molar-refractivity contribution < 1.29 is 4.79 Å². The molecule has 180 valence electrons. The molecule has 1 saturated heterocycles. The highest BCUT2D eigenvalue weighted by molar-refractivity contribution is 5.96. The van der Waals surface area contributed by atoms with Crippen LogP contribution in [0.5, 0.6) is 0 Å². The molecule has 0 unspecified atom stereocenters. The van der Waals surface area contributed by atoms with Crippen LogP contribution >= 0.6 is 0 Å². The molecule has 0 radical (unpaired) electrons. The van der Waals surface area contributed by atoms with Gasteiger partial charge in [-0.15, -0.1) is 0 Å². The number of likely N-dealkylation sites (tertiary alicyclic amines) is 1. The number of aryl methyl sites for hydroxylation is 1. The second-order valence-electron chi connectivity index (χ2n) is 8.88. The number of hydrogen-bond acceptors (Lipinski definition) is 5. The van der Waals surface area contributed by atoms with Gasteiger partial charge in [-0.05, 0) is 63.6 Å². The maximum atomic E-state index is 13.1. The van der Waals surface area contributed by atoms with Crippen LogP contribution in [0.1, 0.15) is 51.5 Å². The number of carbonyl (C=O) groups is 1. The monoisotopic (exact) mass is 455 g/mol. The van der Waals surface area contributed by atoms with Crippen LogP contribution in [0.25, 0.3) is 0 Å². The Kier molecular flexibility index (Phi) is 8.88. The van der Waals surface area contributed by atoms with Crippen LogP contribution < -0.4 is 21.9 Å². The summed E-state index contributed by atoms with van der Waals surface area (Å²) in [6.45, 7) is 6.52. The second-order valence-corrected chi connectivity index (χ2v) is 8.88. The van der Waals surface area contributed by atoms with E-state index in [9.17, 15) is 14.4 Å². The van der Waals surface area contributed by atoms with E-state index in [1.54, 1.807) is 0 Å². The zero-order chi connectivity index (χ0) is 23.8. The van der Waals surface area contributed by atoms with E-state index in [1.807, 2.05) is 19.9 Å². The van der Waals surface area contributed by atoms with Gasteiger partial charge in [0.15, 0.2) is 5.69 Å². The molecule has 2 heterocycles. The summed E-state index contributed by atoms with van der Waals surface area (Å²) in [5, 5.41) is 0. The fourth-order valence-corrected chi connectivity index (χ4v) is 4.56. The first-order valence-electron chi connectivity index (χ1n) is 12.1. The van der Waals surface area contributed by atoms with Crippen molar-refractivity contribution in [3.05, 3.63) is 56.7 Å². The van der Waals surface area contributed by atoms with Gasteiger partial charge in [0.25, 0.3) is 5.56 Å². The summed E-state index contributed by atoms with van der Waals surface area (Å²) in [5.74, 6) is 0.560. The zero-order valence-electron chi connectivity index (χ0n) is 19.9. The fourth-order valence-electron chi connectivity index (χ4n) is 4.56. The molecule has 8 heteroatoms. The molecule has 0 saturated carbocycles. The minimum absolute atomic E-state index is 0.0621. The average Bonchev–Trinajstić information content (AvgIpc) is 2.81. The average molecular weight is 456 g/mol. The third kappa shape index (κ3) is 6.35. The van der Waals surface area contributed by atoms with Gasteiger partial charge in [-0.3, -0.25) is 24.0 Å². The molecule has 3 rings (SSSR count). The quantitative estimate of drug-likeness (QED) is 0.573. The van der Waals surface area contributed by atoms with Crippen molar-refractivity contribution in [2.45, 2.75) is 58.9 Å². The molecule has 3 N–H and O–H groups in total. The lowest BCUT2D eigenvalue weighted by Crippen LogP contribution is -2.46. The maximum absolute atomic E-state index is 13.1. The Balaban J connectivity index is 1.60. The Morgan fingerprint density at radius 3 is 2.48 bits per heavy atom. The van der Waals surface area contributed by atoms with Gasteiger partial charge in [-0.25, -0.2) is 4.79 Å². The summed E-state index contributed by atoms with van der Waals surface area (Å²) < 4.78 is 1.36. The SMILES string of the molecule is CCCCn1c(N)c(N(CC)C(=O)CN2CCC(CCc3ccccc3)CC2)c(=O)[nH]c1=O. The van der Waals surface area contributed by atoms with E-state index in [-0.39, 0.29) is 24.0 Å². The number of benzene rings is 1. The fraction of sp³-hybridized carbons (Fsp3) is 0.560. The molecule has 0 atom stereocenters. The Morgan fingerprint density at radius 1 is 1.15 bits per heavy atom. The van der Waals surface area contributed by atoms with Gasteiger partial charge in [0.05, 0.1) is 6.54 Å². The van der Waals surface area contributed by atoms with Gasteiger partial charge >= 0.3 is 5.69 Å². The van der Waals surface area contributed by atoms with Crippen LogP contribution in [-0.4, -0.2) is 46.5 Å². The summed E-state index contributed by atoms with van der Waals surface area (Å²) in [5.41, 5.74) is 6.52. The third-order valence-electron chi connectivity index (χ3n) is 6.59. The van der Waals surface area contributed by atoms with Crippen LogP contribution in [0.2, 0.25) is 0 Å². The minimum Gasteiger partial charge on any atom is -0.383 e. The van der Waals surface area contributed by atoms with Gasteiger partial charge in [-0.2, -0.15) is 0 Å². The van der Waals surface area contributed by atoms with Crippen molar-refractivity contribution in [3.8, 4) is 0 Å². The number of piperidine rings is 1. The number of rotatable bonds is 10. The topological polar surface area (TPSA) is 104 Å². The third-order valence-corrected chi connectivity index (χ3v) is 6.59. The number of hydrogen-bond donors (Lipinski definition) is 2. The normalized spacial score (nSPS) is 15.0. The van der Waals surface area contributed by atoms with Crippen molar-refractivity contribution in [1.29, 1.82) is 0 Å². The molecule has 0 spiro atoms. The van der Waals surface area contributed by atoms with E-state index in [1.165, 1.54) is 15.0 Å². The summed E-state index contributed by atoms with van der Waals surface area (Å²) in [4.78, 5) is 43.8. The van der Waals surface area contributed by atoms with E-state index in [0.29, 0.717) is 19.0 Å². The number of nitrogens with one attached hydrogen (secondary N) is 1. The van der Waals surface area contributed by atoms with Crippen LogP contribution in [-0.2, 0) is 17.8 Å². The summed E-state index contributed by atoms with van der Waals surface area (Å²) in [6.07, 6.45) is 6.03. The summed E-state index contributed by atoms with van der Waals surface area (Å²) in [6, 6.07) is 10.5. The van der Waals surface area contributed by atoms with Crippen molar-refractivity contribution in [3.63, 3.8) is 0 Å². The van der Waals surface area contributed by atoms with Gasteiger partial charge in [0.1, 0.15) is 5.82 Å². The zero-order valence-corrected chi connectivity index (χ0v) is 19.9. The van der Waals surface area contributed by atoms with Crippen molar-refractivity contribution in [2.75, 3.05) is 36.8 Å². The molecule has 0 bridgehead atoms. The standard InChI is InChI=1S/C25H37N5O3/c1-3-5-15-30-23(26)22(24(32)27-25(30)33)29(4-2)21(31)18-28-16-13-20(14-17-28)12-11-19-9-7-6-8-10-19/h6-10,20H,3-5,11-18,26H2,1-2H3,(H,27,32,33). The number of aromatic nitrogens is 2. The molecular weight excluding hydrogens is 418 g/mol. The number of amides is 1. The first-order chi connectivity index (χ1) is 15.9. The highest BCUT2D eigenvalue weighted by atomic mass is 16.2. The summed E-state index contributed by atoms with van der Waals surface area (Å²) >= 11 is 0. The van der Waals surface area contributed by atoms with Crippen LogP contribution in [0.3, 0.4) is 0 Å². The van der Waals surface area contributed by atoms with Gasteiger partial charge < -0.3 is 10.6 Å². The molecule has 1 aliphatic rings. The van der Waals surface area contributed by atoms with Crippen LogP contribution in [0, 0.1) is 5.92 Å². The molecule has 2 aromatic rings. The first kappa shape index (κ1) is 24.8. The van der Waals surface area contributed by atoms with E-state index in [4.69, 9.17) is 5.73 Å². The Morgan fingerprint density at radius 2 is 1.85 bits per heavy atom.